The van der Waals surface area contributed by atoms with Gasteiger partial charge in [0, 0.05) is 12.3 Å². The summed E-state index contributed by atoms with van der Waals surface area (Å²) >= 11 is 0. The molecule has 0 aromatic heterocycles. The second-order valence-corrected chi connectivity index (χ2v) is 3.69. The molecule has 0 spiro atoms. The number of carbonyl (C=O) groups excluding carboxylic acids is 1. The van der Waals surface area contributed by atoms with Crippen molar-refractivity contribution in [1.82, 2.24) is 0 Å². The van der Waals surface area contributed by atoms with E-state index in [0.717, 1.165) is 0 Å². The van der Waals surface area contributed by atoms with Crippen LogP contribution in [0.5, 0.6) is 0 Å². The van der Waals surface area contributed by atoms with Crippen molar-refractivity contribution in [1.29, 1.82) is 5.26 Å². The van der Waals surface area contributed by atoms with Crippen LogP contribution in [0.25, 0.3) is 0 Å². The third-order valence-corrected chi connectivity index (χ3v) is 2.54. The Kier molecular flexibility index (Phi) is 6.75. The van der Waals surface area contributed by atoms with Gasteiger partial charge < -0.3 is 4.74 Å². The lowest BCUT2D eigenvalue weighted by atomic mass is 9.75. The Balaban J connectivity index is 5.28. The molecule has 0 aliphatic carbocycles. The molecule has 0 saturated heterocycles. The molecule has 0 aromatic carbocycles. The molecule has 17 heavy (non-hydrogen) atoms. The van der Waals surface area contributed by atoms with Crippen LogP contribution < -0.4 is 0 Å². The second-order valence-electron chi connectivity index (χ2n) is 3.69. The van der Waals surface area contributed by atoms with E-state index in [2.05, 4.69) is 24.5 Å². The number of nitriles is 1. The van der Waals surface area contributed by atoms with Gasteiger partial charge in [-0.05, 0) is 20.3 Å². The van der Waals surface area contributed by atoms with Gasteiger partial charge in [0.1, 0.15) is 0 Å². The van der Waals surface area contributed by atoms with Crippen LogP contribution in [0.1, 0.15) is 33.6 Å². The molecule has 0 saturated carbocycles. The van der Waals surface area contributed by atoms with E-state index >= 15 is 0 Å². The summed E-state index contributed by atoms with van der Waals surface area (Å²) in [6.45, 7) is 9.26. The fraction of sp³-hybridized carbons (Fsp3) is 0.571. The van der Waals surface area contributed by atoms with E-state index in [9.17, 15) is 10.1 Å². The number of esters is 1. The molecule has 92 valence electrons. The summed E-state index contributed by atoms with van der Waals surface area (Å²) in [6, 6.07) is 2.06. The largest absolute Gasteiger partial charge is 0.465 e. The van der Waals surface area contributed by atoms with Crippen molar-refractivity contribution in [2.75, 3.05) is 6.61 Å². The van der Waals surface area contributed by atoms with Gasteiger partial charge in [-0.3, -0.25) is 4.79 Å². The molecule has 3 heteroatoms. The van der Waals surface area contributed by atoms with Gasteiger partial charge in [-0.2, -0.15) is 5.26 Å². The molecule has 0 bridgehead atoms. The van der Waals surface area contributed by atoms with Crippen molar-refractivity contribution in [3.8, 4) is 17.9 Å². The van der Waals surface area contributed by atoms with E-state index in [1.807, 2.05) is 6.92 Å². The third kappa shape index (κ3) is 3.64. The van der Waals surface area contributed by atoms with E-state index in [0.29, 0.717) is 6.42 Å². The molecule has 0 amide bonds. The fourth-order valence-electron chi connectivity index (χ4n) is 1.49. The topological polar surface area (TPSA) is 50.1 Å². The van der Waals surface area contributed by atoms with Gasteiger partial charge in [-0.25, -0.2) is 0 Å². The highest BCUT2D eigenvalue weighted by molar-refractivity contribution is 5.81. The average Bonchev–Trinajstić information content (AvgIpc) is 2.33. The number of carbonyl (C=O) groups is 1. The number of hydrogen-bond acceptors (Lipinski definition) is 3. The van der Waals surface area contributed by atoms with Crippen LogP contribution in [0.15, 0.2) is 12.7 Å². The van der Waals surface area contributed by atoms with Crippen molar-refractivity contribution in [3.05, 3.63) is 12.7 Å². The van der Waals surface area contributed by atoms with Crippen molar-refractivity contribution in [2.24, 2.45) is 11.3 Å². The van der Waals surface area contributed by atoms with Crippen LogP contribution in [0.3, 0.4) is 0 Å². The molecular formula is C14H19NO2. The molecule has 0 aliphatic rings. The van der Waals surface area contributed by atoms with Crippen LogP contribution in [0.4, 0.5) is 0 Å². The highest BCUT2D eigenvalue weighted by Crippen LogP contribution is 2.33. The zero-order chi connectivity index (χ0) is 13.3. The first-order valence-electron chi connectivity index (χ1n) is 5.76. The summed E-state index contributed by atoms with van der Waals surface area (Å²) in [5, 5.41) is 9.31. The van der Waals surface area contributed by atoms with E-state index in [-0.39, 0.29) is 18.9 Å². The summed E-state index contributed by atoms with van der Waals surface area (Å²) in [4.78, 5) is 11.9. The minimum atomic E-state index is -1.24. The van der Waals surface area contributed by atoms with Crippen LogP contribution in [0, 0.1) is 34.5 Å². The smallest absolute Gasteiger partial charge is 0.328 e. The molecule has 0 rings (SSSR count). The van der Waals surface area contributed by atoms with Gasteiger partial charge >= 0.3 is 5.97 Å². The maximum absolute atomic E-state index is 11.9. The summed E-state index contributed by atoms with van der Waals surface area (Å²) < 4.78 is 4.97. The van der Waals surface area contributed by atoms with E-state index < -0.39 is 11.4 Å². The Labute approximate surface area is 103 Å². The lowest BCUT2D eigenvalue weighted by molar-refractivity contribution is -0.153. The molecule has 0 N–H and O–H groups in total. The average molecular weight is 233 g/mol. The van der Waals surface area contributed by atoms with Gasteiger partial charge in [0.25, 0.3) is 0 Å². The van der Waals surface area contributed by atoms with Gasteiger partial charge in [-0.15, -0.1) is 12.5 Å². The van der Waals surface area contributed by atoms with E-state index in [1.165, 1.54) is 0 Å². The first-order chi connectivity index (χ1) is 8.08. The lowest BCUT2D eigenvalue weighted by Gasteiger charge is -2.26. The Hall–Kier alpha value is -1.74. The molecule has 2 atom stereocenters. The van der Waals surface area contributed by atoms with E-state index in [1.54, 1.807) is 19.9 Å². The molecule has 0 aliphatic heterocycles. The Morgan fingerprint density at radius 3 is 2.65 bits per heavy atom. The fourth-order valence-corrected chi connectivity index (χ4v) is 1.49. The SMILES string of the molecule is C=CC[C@@](C#N)(C(=O)OCC)[C@@H](C)C#CCC. The zero-order valence-electron chi connectivity index (χ0n) is 10.7. The summed E-state index contributed by atoms with van der Waals surface area (Å²) in [6.07, 6.45) is 2.51. The zero-order valence-corrected chi connectivity index (χ0v) is 10.7. The first kappa shape index (κ1) is 15.3. The first-order valence-corrected chi connectivity index (χ1v) is 5.76. The van der Waals surface area contributed by atoms with Crippen molar-refractivity contribution >= 4 is 5.97 Å². The number of nitrogens with zero attached hydrogens (tertiary/aromatic N) is 1. The number of ether oxygens (including phenoxy) is 1. The third-order valence-electron chi connectivity index (χ3n) is 2.54. The molecule has 3 nitrogen and oxygen atoms in total. The predicted molar refractivity (Wildman–Crippen MR) is 66.7 cm³/mol. The lowest BCUT2D eigenvalue weighted by Crippen LogP contribution is -2.37. The molecule has 0 radical (unpaired) electrons. The van der Waals surface area contributed by atoms with Crippen molar-refractivity contribution in [3.63, 3.8) is 0 Å². The predicted octanol–water partition coefficient (Wildman–Crippen LogP) is 2.69. The molecule has 0 unspecified atom stereocenters. The maximum atomic E-state index is 11.9. The Morgan fingerprint density at radius 2 is 2.24 bits per heavy atom. The Morgan fingerprint density at radius 1 is 1.59 bits per heavy atom. The molecular weight excluding hydrogens is 214 g/mol. The summed E-state index contributed by atoms with van der Waals surface area (Å²) in [7, 11) is 0. The number of hydrogen-bond donors (Lipinski definition) is 0. The van der Waals surface area contributed by atoms with Crippen LogP contribution in [-0.2, 0) is 9.53 Å². The van der Waals surface area contributed by atoms with Crippen molar-refractivity contribution < 1.29 is 9.53 Å². The highest BCUT2D eigenvalue weighted by Gasteiger charge is 2.44. The van der Waals surface area contributed by atoms with Gasteiger partial charge in [0.05, 0.1) is 12.7 Å². The quantitative estimate of drug-likeness (QED) is 0.417. The molecule has 0 aromatic rings. The monoisotopic (exact) mass is 233 g/mol. The van der Waals surface area contributed by atoms with Crippen LogP contribution in [0.2, 0.25) is 0 Å². The minimum Gasteiger partial charge on any atom is -0.465 e. The number of rotatable bonds is 5. The Bertz CT molecular complexity index is 370. The normalized spacial score (nSPS) is 14.5. The maximum Gasteiger partial charge on any atom is 0.328 e. The minimum absolute atomic E-state index is 0.252. The van der Waals surface area contributed by atoms with Gasteiger partial charge in [0.15, 0.2) is 5.41 Å². The number of allylic oxidation sites excluding steroid dienone is 1. The molecule has 0 fully saturated rings. The second kappa shape index (κ2) is 7.52. The summed E-state index contributed by atoms with van der Waals surface area (Å²) in [5.41, 5.74) is -1.24. The summed E-state index contributed by atoms with van der Waals surface area (Å²) in [5.74, 6) is 4.94. The van der Waals surface area contributed by atoms with Gasteiger partial charge in [0.2, 0.25) is 0 Å². The van der Waals surface area contributed by atoms with Gasteiger partial charge in [-0.1, -0.05) is 18.9 Å². The van der Waals surface area contributed by atoms with E-state index in [4.69, 9.17) is 4.74 Å². The highest BCUT2D eigenvalue weighted by atomic mass is 16.5. The van der Waals surface area contributed by atoms with Crippen LogP contribution in [-0.4, -0.2) is 12.6 Å². The standard InChI is InChI=1S/C14H19NO2/c1-5-8-9-12(4)14(11-15,10-6-2)13(16)17-7-3/h6,12H,2,5,7,10H2,1,3-4H3/t12-,14-/m0/s1. The van der Waals surface area contributed by atoms with Crippen molar-refractivity contribution in [2.45, 2.75) is 33.6 Å². The van der Waals surface area contributed by atoms with Crippen LogP contribution >= 0.6 is 0 Å². The molecule has 0 heterocycles.